The molecular formula is C29H37F3N6O3. The first kappa shape index (κ1) is 31.6. The molecule has 0 spiro atoms. The second-order valence-electron chi connectivity index (χ2n) is 9.28. The van der Waals surface area contributed by atoms with Crippen LogP contribution in [0.1, 0.15) is 24.8 Å². The Labute approximate surface area is 238 Å². The number of rotatable bonds is 7. The van der Waals surface area contributed by atoms with Crippen LogP contribution in [0.5, 0.6) is 5.75 Å². The monoisotopic (exact) mass is 574 g/mol. The van der Waals surface area contributed by atoms with Crippen molar-refractivity contribution >= 4 is 29.9 Å². The van der Waals surface area contributed by atoms with Crippen LogP contribution in [0.4, 0.5) is 36.3 Å². The predicted molar refractivity (Wildman–Crippen MR) is 154 cm³/mol. The van der Waals surface area contributed by atoms with E-state index in [9.17, 15) is 13.2 Å². The molecule has 222 valence electrons. The zero-order chi connectivity index (χ0) is 29.5. The van der Waals surface area contributed by atoms with Crippen LogP contribution >= 0.6 is 0 Å². The van der Waals surface area contributed by atoms with E-state index in [1.54, 1.807) is 19.2 Å². The Morgan fingerprint density at radius 1 is 0.902 bits per heavy atom. The predicted octanol–water partition coefficient (Wildman–Crippen LogP) is 5.17. The van der Waals surface area contributed by atoms with Crippen molar-refractivity contribution in [3.05, 3.63) is 66.4 Å². The Kier molecular flexibility index (Phi) is 12.6. The number of halogens is 3. The van der Waals surface area contributed by atoms with Gasteiger partial charge < -0.3 is 34.7 Å². The van der Waals surface area contributed by atoms with Gasteiger partial charge in [0.2, 0.25) is 5.95 Å². The number of carbonyl (C=O) groups excluding carboxylic acids is 1. The highest BCUT2D eigenvalue weighted by atomic mass is 19.4. The first-order chi connectivity index (χ1) is 19.9. The number of ether oxygens (including phenoxy) is 2. The maximum absolute atomic E-state index is 11.8. The molecule has 12 heteroatoms. The van der Waals surface area contributed by atoms with Gasteiger partial charge in [0.1, 0.15) is 18.4 Å². The molecule has 0 aliphatic carbocycles. The van der Waals surface area contributed by atoms with Crippen LogP contribution in [0.25, 0.3) is 0 Å². The third-order valence-electron chi connectivity index (χ3n) is 6.36. The summed E-state index contributed by atoms with van der Waals surface area (Å²) in [5, 5.41) is 6.21. The molecule has 3 heterocycles. The van der Waals surface area contributed by atoms with Crippen molar-refractivity contribution < 1.29 is 27.4 Å². The Bertz CT molecular complexity index is 1150. The van der Waals surface area contributed by atoms with Crippen molar-refractivity contribution in [2.45, 2.75) is 32.2 Å². The summed E-state index contributed by atoms with van der Waals surface area (Å²) >= 11 is 0. The summed E-state index contributed by atoms with van der Waals surface area (Å²) in [5.74, 6) is 1.47. The van der Waals surface area contributed by atoms with E-state index in [4.69, 9.17) is 9.53 Å². The lowest BCUT2D eigenvalue weighted by molar-refractivity contribution is -0.274. The fourth-order valence-corrected chi connectivity index (χ4v) is 4.43. The Morgan fingerprint density at radius 2 is 1.56 bits per heavy atom. The highest BCUT2D eigenvalue weighted by molar-refractivity contribution is 5.60. The Hall–Kier alpha value is -3.90. The average Bonchev–Trinajstić information content (AvgIpc) is 3.00. The van der Waals surface area contributed by atoms with Gasteiger partial charge in [-0.1, -0.05) is 12.1 Å². The molecule has 2 fully saturated rings. The zero-order valence-electron chi connectivity index (χ0n) is 23.2. The minimum atomic E-state index is -4.62. The molecular weight excluding hydrogens is 537 g/mol. The van der Waals surface area contributed by atoms with Crippen molar-refractivity contribution in [2.75, 3.05) is 61.6 Å². The second kappa shape index (κ2) is 16.4. The van der Waals surface area contributed by atoms with E-state index in [1.807, 2.05) is 19.1 Å². The van der Waals surface area contributed by atoms with Crippen LogP contribution in [-0.2, 0) is 16.1 Å². The Morgan fingerprint density at radius 3 is 2.17 bits per heavy atom. The van der Waals surface area contributed by atoms with Crippen LogP contribution in [0.3, 0.4) is 0 Å². The fraction of sp³-hybridized carbons (Fsp3) is 0.414. The number of hydrogen-bond acceptors (Lipinski definition) is 9. The number of anilines is 4. The lowest BCUT2D eigenvalue weighted by atomic mass is 10.1. The van der Waals surface area contributed by atoms with Crippen LogP contribution in [0.2, 0.25) is 0 Å². The molecule has 5 rings (SSSR count). The largest absolute Gasteiger partial charge is 0.573 e. The highest BCUT2D eigenvalue weighted by Gasteiger charge is 2.30. The average molecular weight is 575 g/mol. The number of hydrogen-bond donors (Lipinski definition) is 2. The van der Waals surface area contributed by atoms with Gasteiger partial charge in [0.25, 0.3) is 0 Å². The molecule has 0 bridgehead atoms. The molecule has 2 aliphatic heterocycles. The van der Waals surface area contributed by atoms with Gasteiger partial charge in [-0.05, 0) is 74.3 Å². The quantitative estimate of drug-likeness (QED) is 0.397. The zero-order valence-corrected chi connectivity index (χ0v) is 23.2. The summed E-state index contributed by atoms with van der Waals surface area (Å²) in [6.45, 7) is 8.30. The molecule has 0 unspecified atom stereocenters. The van der Waals surface area contributed by atoms with E-state index in [0.29, 0.717) is 12.5 Å². The SMILES string of the molecule is C=O.CNCc1ccc(OC(F)(F)F)cc1.c1cc(N2CCCCC2)nc(Nc2ccc(N3CCOCC3)cc2)n1. The molecule has 2 aromatic carbocycles. The van der Waals surface area contributed by atoms with Crippen LogP contribution in [-0.4, -0.2) is 69.6 Å². The van der Waals surface area contributed by atoms with Gasteiger partial charge in [0.05, 0.1) is 13.2 Å². The topological polar surface area (TPSA) is 91.8 Å². The molecule has 0 radical (unpaired) electrons. The molecule has 0 atom stereocenters. The summed E-state index contributed by atoms with van der Waals surface area (Å²) in [6.07, 6.45) is 1.03. The van der Waals surface area contributed by atoms with Crippen LogP contribution < -0.4 is 25.2 Å². The summed E-state index contributed by atoms with van der Waals surface area (Å²) in [4.78, 5) is 21.7. The van der Waals surface area contributed by atoms with E-state index >= 15 is 0 Å². The number of benzene rings is 2. The molecule has 41 heavy (non-hydrogen) atoms. The second-order valence-corrected chi connectivity index (χ2v) is 9.28. The summed E-state index contributed by atoms with van der Waals surface area (Å²) in [5.41, 5.74) is 3.15. The third-order valence-corrected chi connectivity index (χ3v) is 6.36. The highest BCUT2D eigenvalue weighted by Crippen LogP contribution is 2.24. The van der Waals surface area contributed by atoms with Crippen LogP contribution in [0.15, 0.2) is 60.8 Å². The standard InChI is InChI=1S/C19H25N5O.C9H10F3NO.CH2O/c1-2-10-24(11-3-1)18-8-9-20-19(22-18)21-16-4-6-17(7-5-16)23-12-14-25-15-13-23;1-13-6-7-2-4-8(5-3-7)14-9(10,11)12;1-2/h4-9H,1-3,10-15H2,(H,20,21,22);2-5,13H,6H2,1H3;1H2. The molecule has 0 amide bonds. The van der Waals surface area contributed by atoms with Gasteiger partial charge in [0, 0.05) is 50.3 Å². The van der Waals surface area contributed by atoms with Gasteiger partial charge in [-0.2, -0.15) is 4.98 Å². The van der Waals surface area contributed by atoms with E-state index in [2.05, 4.69) is 59.4 Å². The lowest BCUT2D eigenvalue weighted by Gasteiger charge is -2.29. The van der Waals surface area contributed by atoms with E-state index < -0.39 is 6.36 Å². The number of nitrogens with zero attached hydrogens (tertiary/aromatic N) is 4. The van der Waals surface area contributed by atoms with Crippen molar-refractivity contribution in [3.63, 3.8) is 0 Å². The van der Waals surface area contributed by atoms with Crippen LogP contribution in [0, 0.1) is 0 Å². The summed E-state index contributed by atoms with van der Waals surface area (Å²) in [6, 6.07) is 16.2. The molecule has 0 saturated carbocycles. The number of aromatic nitrogens is 2. The van der Waals surface area contributed by atoms with Gasteiger partial charge in [-0.25, -0.2) is 4.98 Å². The van der Waals surface area contributed by atoms with Crippen molar-refractivity contribution in [3.8, 4) is 5.75 Å². The first-order valence-corrected chi connectivity index (χ1v) is 13.5. The summed E-state index contributed by atoms with van der Waals surface area (Å²) < 4.78 is 44.4. The normalized spacial score (nSPS) is 15.1. The van der Waals surface area contributed by atoms with E-state index in [1.165, 1.54) is 37.1 Å². The molecule has 2 saturated heterocycles. The van der Waals surface area contributed by atoms with Gasteiger partial charge in [0.15, 0.2) is 0 Å². The van der Waals surface area contributed by atoms with Gasteiger partial charge in [-0.3, -0.25) is 0 Å². The fourth-order valence-electron chi connectivity index (χ4n) is 4.43. The van der Waals surface area contributed by atoms with Crippen molar-refractivity contribution in [1.82, 2.24) is 15.3 Å². The molecule has 2 aliphatic rings. The van der Waals surface area contributed by atoms with E-state index in [-0.39, 0.29) is 5.75 Å². The minimum Gasteiger partial charge on any atom is -0.406 e. The minimum absolute atomic E-state index is 0.197. The summed E-state index contributed by atoms with van der Waals surface area (Å²) in [7, 11) is 1.76. The Balaban J connectivity index is 0.000000247. The lowest BCUT2D eigenvalue weighted by Crippen LogP contribution is -2.36. The maximum atomic E-state index is 11.8. The third kappa shape index (κ3) is 10.9. The number of carbonyl (C=O) groups is 1. The number of nitrogens with one attached hydrogen (secondary N) is 2. The van der Waals surface area contributed by atoms with Crippen molar-refractivity contribution in [1.29, 1.82) is 0 Å². The van der Waals surface area contributed by atoms with Crippen molar-refractivity contribution in [2.24, 2.45) is 0 Å². The molecule has 2 N–H and O–H groups in total. The number of alkyl halides is 3. The number of piperidine rings is 1. The first-order valence-electron chi connectivity index (χ1n) is 13.5. The smallest absolute Gasteiger partial charge is 0.406 e. The number of morpholine rings is 1. The molecule has 1 aromatic heterocycles. The van der Waals surface area contributed by atoms with Gasteiger partial charge >= 0.3 is 6.36 Å². The molecule has 3 aromatic rings. The maximum Gasteiger partial charge on any atom is 0.573 e. The van der Waals surface area contributed by atoms with Gasteiger partial charge in [-0.15, -0.1) is 13.2 Å². The molecule has 9 nitrogen and oxygen atoms in total. The van der Waals surface area contributed by atoms with E-state index in [0.717, 1.165) is 56.5 Å².